The van der Waals surface area contributed by atoms with Crippen LogP contribution in [0.15, 0.2) is 18.2 Å². The number of ether oxygens (including phenoxy) is 1. The van der Waals surface area contributed by atoms with Crippen LogP contribution in [0, 0.1) is 0 Å². The van der Waals surface area contributed by atoms with E-state index in [-0.39, 0.29) is 23.8 Å². The van der Waals surface area contributed by atoms with Crippen molar-refractivity contribution >= 4 is 29.2 Å². The quantitative estimate of drug-likeness (QED) is 0.497. The van der Waals surface area contributed by atoms with Crippen LogP contribution in [-0.2, 0) is 14.3 Å². The first-order valence-corrected chi connectivity index (χ1v) is 9.84. The summed E-state index contributed by atoms with van der Waals surface area (Å²) >= 11 is 0. The van der Waals surface area contributed by atoms with Crippen LogP contribution in [0.1, 0.15) is 30.1 Å². The van der Waals surface area contributed by atoms with Crippen LogP contribution in [0.3, 0.4) is 0 Å². The molecule has 1 fully saturated rings. The fraction of sp³-hybridized carbons (Fsp3) is 0.550. The van der Waals surface area contributed by atoms with E-state index in [1.807, 2.05) is 0 Å². The Morgan fingerprint density at radius 3 is 2.48 bits per heavy atom. The summed E-state index contributed by atoms with van der Waals surface area (Å²) in [7, 11) is 1.40. The van der Waals surface area contributed by atoms with Crippen molar-refractivity contribution in [3.05, 3.63) is 23.8 Å². The lowest BCUT2D eigenvalue weighted by molar-refractivity contribution is -0.122. The van der Waals surface area contributed by atoms with Gasteiger partial charge in [-0.05, 0) is 24.6 Å². The van der Waals surface area contributed by atoms with Crippen LogP contribution in [0.5, 0.6) is 0 Å². The second-order valence-electron chi connectivity index (χ2n) is 6.98. The van der Waals surface area contributed by atoms with Crippen LogP contribution in [0.25, 0.3) is 0 Å². The molecule has 0 radical (unpaired) electrons. The van der Waals surface area contributed by atoms with Gasteiger partial charge in [-0.15, -0.1) is 0 Å². The molecule has 1 aromatic carbocycles. The Bertz CT molecular complexity index is 717. The molecule has 0 aliphatic carbocycles. The molecule has 0 aromatic heterocycles. The first kappa shape index (κ1) is 22.6. The monoisotopic (exact) mass is 406 g/mol. The van der Waals surface area contributed by atoms with Gasteiger partial charge in [0.15, 0.2) is 0 Å². The third kappa shape index (κ3) is 7.03. The normalized spacial score (nSPS) is 14.5. The average molecular weight is 406 g/mol. The topological polar surface area (TPSA) is 111 Å². The third-order valence-corrected chi connectivity index (χ3v) is 4.74. The van der Waals surface area contributed by atoms with Crippen molar-refractivity contribution in [1.29, 1.82) is 0 Å². The molecule has 3 N–H and O–H groups in total. The number of benzene rings is 1. The fourth-order valence-electron chi connectivity index (χ4n) is 3.16. The maximum Gasteiger partial charge on any atom is 0.337 e. The number of anilines is 2. The number of carbonyl (C=O) groups excluding carboxylic acids is 2. The number of nitrogens with zero attached hydrogens (tertiary/aromatic N) is 2. The molecule has 0 spiro atoms. The van der Waals surface area contributed by atoms with E-state index in [9.17, 15) is 19.5 Å². The molecule has 0 bridgehead atoms. The number of aromatic carboxylic acids is 1. The van der Waals surface area contributed by atoms with Gasteiger partial charge in [-0.2, -0.15) is 0 Å². The highest BCUT2D eigenvalue weighted by molar-refractivity contribution is 6.01. The summed E-state index contributed by atoms with van der Waals surface area (Å²) in [5.41, 5.74) is 1.05. The molecule has 29 heavy (non-hydrogen) atoms. The molecule has 2 rings (SSSR count). The van der Waals surface area contributed by atoms with Gasteiger partial charge >= 0.3 is 5.97 Å². The Morgan fingerprint density at radius 2 is 1.86 bits per heavy atom. The molecule has 1 aliphatic heterocycles. The largest absolute Gasteiger partial charge is 0.478 e. The van der Waals surface area contributed by atoms with Crippen LogP contribution in [-0.4, -0.2) is 80.8 Å². The number of piperazine rings is 1. The molecule has 0 saturated carbocycles. The number of hydrogen-bond donors (Lipinski definition) is 3. The van der Waals surface area contributed by atoms with Crippen LogP contribution < -0.4 is 15.5 Å². The van der Waals surface area contributed by atoms with E-state index in [0.29, 0.717) is 26.2 Å². The zero-order chi connectivity index (χ0) is 21.2. The molecule has 2 amide bonds. The molecule has 0 atom stereocenters. The van der Waals surface area contributed by atoms with Gasteiger partial charge in [0.2, 0.25) is 11.8 Å². The van der Waals surface area contributed by atoms with Crippen LogP contribution in [0.4, 0.5) is 11.4 Å². The first-order valence-electron chi connectivity index (χ1n) is 9.84. The van der Waals surface area contributed by atoms with E-state index in [2.05, 4.69) is 27.4 Å². The highest BCUT2D eigenvalue weighted by atomic mass is 16.5. The van der Waals surface area contributed by atoms with E-state index in [4.69, 9.17) is 4.74 Å². The van der Waals surface area contributed by atoms with E-state index in [1.54, 1.807) is 18.2 Å². The molecule has 1 aliphatic rings. The van der Waals surface area contributed by atoms with Crippen molar-refractivity contribution < 1.29 is 24.2 Å². The summed E-state index contributed by atoms with van der Waals surface area (Å²) in [6.07, 6.45) is 2.03. The SMILES string of the molecule is CCCCNC(=O)CN1CCN(c2ccc(NC(=O)COC)c(C(=O)O)c2)CC1. The number of unbranched alkanes of at least 4 members (excludes halogenated alkanes) is 1. The van der Waals surface area contributed by atoms with E-state index in [1.165, 1.54) is 7.11 Å². The minimum atomic E-state index is -1.11. The van der Waals surface area contributed by atoms with Crippen LogP contribution in [0.2, 0.25) is 0 Å². The highest BCUT2D eigenvalue weighted by Gasteiger charge is 2.21. The van der Waals surface area contributed by atoms with E-state index in [0.717, 1.165) is 31.6 Å². The molecular formula is C20H30N4O5. The molecule has 1 heterocycles. The smallest absolute Gasteiger partial charge is 0.337 e. The van der Waals surface area contributed by atoms with Gasteiger partial charge in [-0.3, -0.25) is 14.5 Å². The fourth-order valence-corrected chi connectivity index (χ4v) is 3.16. The lowest BCUT2D eigenvalue weighted by Gasteiger charge is -2.36. The number of nitrogens with one attached hydrogen (secondary N) is 2. The highest BCUT2D eigenvalue weighted by Crippen LogP contribution is 2.24. The number of hydrogen-bond acceptors (Lipinski definition) is 6. The number of carboxylic acids is 1. The van der Waals surface area contributed by atoms with Crippen molar-refractivity contribution in [2.45, 2.75) is 19.8 Å². The first-order chi connectivity index (χ1) is 13.9. The minimum absolute atomic E-state index is 0.0321. The second kappa shape index (κ2) is 11.4. The van der Waals surface area contributed by atoms with Crippen LogP contribution >= 0.6 is 0 Å². The Kier molecular flexibility index (Phi) is 8.88. The average Bonchev–Trinajstić information content (AvgIpc) is 2.69. The molecule has 1 aromatic rings. The van der Waals surface area contributed by atoms with Gasteiger partial charge in [0.25, 0.3) is 0 Å². The molecule has 9 heteroatoms. The van der Waals surface area contributed by atoms with Crippen molar-refractivity contribution in [3.8, 4) is 0 Å². The summed E-state index contributed by atoms with van der Waals surface area (Å²) < 4.78 is 4.76. The van der Waals surface area contributed by atoms with E-state index < -0.39 is 11.9 Å². The van der Waals surface area contributed by atoms with Gasteiger partial charge in [-0.25, -0.2) is 4.79 Å². The predicted molar refractivity (Wildman–Crippen MR) is 110 cm³/mol. The Morgan fingerprint density at radius 1 is 1.14 bits per heavy atom. The maximum absolute atomic E-state index is 12.0. The maximum atomic E-state index is 12.0. The molecule has 160 valence electrons. The number of amides is 2. The Hall–Kier alpha value is -2.65. The van der Waals surface area contributed by atoms with Gasteiger partial charge in [0, 0.05) is 45.5 Å². The Labute approximate surface area is 171 Å². The van der Waals surface area contributed by atoms with Gasteiger partial charge in [-0.1, -0.05) is 13.3 Å². The number of carboxylic acid groups (broad SMARTS) is 1. The van der Waals surface area contributed by atoms with Gasteiger partial charge in [0.1, 0.15) is 6.61 Å². The van der Waals surface area contributed by atoms with E-state index >= 15 is 0 Å². The summed E-state index contributed by atoms with van der Waals surface area (Å²) in [6, 6.07) is 4.96. The molecule has 1 saturated heterocycles. The molecule has 0 unspecified atom stereocenters. The number of carbonyl (C=O) groups is 3. The summed E-state index contributed by atoms with van der Waals surface area (Å²) in [5, 5.41) is 15.0. The summed E-state index contributed by atoms with van der Waals surface area (Å²) in [6.45, 7) is 5.85. The molecule has 9 nitrogen and oxygen atoms in total. The lowest BCUT2D eigenvalue weighted by Crippen LogP contribution is -2.49. The predicted octanol–water partition coefficient (Wildman–Crippen LogP) is 1.01. The zero-order valence-corrected chi connectivity index (χ0v) is 17.1. The zero-order valence-electron chi connectivity index (χ0n) is 17.1. The van der Waals surface area contributed by atoms with Crippen molar-refractivity contribution in [1.82, 2.24) is 10.2 Å². The standard InChI is InChI=1S/C20H30N4O5/c1-3-4-7-21-18(25)13-23-8-10-24(11-9-23)15-5-6-17(16(12-15)20(27)28)22-19(26)14-29-2/h5-6,12H,3-4,7-11,13-14H2,1-2H3,(H,21,25)(H,22,26)(H,27,28). The molecular weight excluding hydrogens is 376 g/mol. The Balaban J connectivity index is 1.94. The number of rotatable bonds is 10. The lowest BCUT2D eigenvalue weighted by atomic mass is 10.1. The van der Waals surface area contributed by atoms with Crippen molar-refractivity contribution in [3.63, 3.8) is 0 Å². The third-order valence-electron chi connectivity index (χ3n) is 4.74. The minimum Gasteiger partial charge on any atom is -0.478 e. The second-order valence-corrected chi connectivity index (χ2v) is 6.98. The van der Waals surface area contributed by atoms with Crippen molar-refractivity contribution in [2.75, 3.05) is 63.2 Å². The van der Waals surface area contributed by atoms with Gasteiger partial charge in [0.05, 0.1) is 17.8 Å². The van der Waals surface area contributed by atoms with Crippen molar-refractivity contribution in [2.24, 2.45) is 0 Å². The summed E-state index contributed by atoms with van der Waals surface area (Å²) in [4.78, 5) is 39.5. The number of methoxy groups -OCH3 is 1. The summed E-state index contributed by atoms with van der Waals surface area (Å²) in [5.74, 6) is -1.48. The van der Waals surface area contributed by atoms with Gasteiger partial charge < -0.3 is 25.4 Å².